The molecule has 0 unspecified atom stereocenters. The second-order valence-corrected chi connectivity index (χ2v) is 9.86. The molecule has 1 aromatic heterocycles. The number of nitrogens with zero attached hydrogens (tertiary/aromatic N) is 2. The topological polar surface area (TPSA) is 68.5 Å². The van der Waals surface area contributed by atoms with Crippen molar-refractivity contribution in [2.75, 3.05) is 12.3 Å². The number of anilines is 1. The summed E-state index contributed by atoms with van der Waals surface area (Å²) in [5.41, 5.74) is 11.0. The van der Waals surface area contributed by atoms with Crippen molar-refractivity contribution in [2.45, 2.75) is 50.9 Å². The number of aromatic nitrogens is 1. The highest BCUT2D eigenvalue weighted by Crippen LogP contribution is 2.45. The van der Waals surface area contributed by atoms with E-state index in [1.807, 2.05) is 37.3 Å². The summed E-state index contributed by atoms with van der Waals surface area (Å²) in [5, 5.41) is 1.72. The van der Waals surface area contributed by atoms with Crippen molar-refractivity contribution < 1.29 is 9.53 Å². The minimum absolute atomic E-state index is 0.0702. The molecule has 0 radical (unpaired) electrons. The van der Waals surface area contributed by atoms with Crippen molar-refractivity contribution in [2.24, 2.45) is 5.92 Å². The Balaban J connectivity index is 1.34. The molecule has 3 atom stereocenters. The van der Waals surface area contributed by atoms with Gasteiger partial charge in [0.1, 0.15) is 5.82 Å². The third-order valence-corrected chi connectivity index (χ3v) is 7.66. The van der Waals surface area contributed by atoms with E-state index < -0.39 is 0 Å². The number of hydrogen-bond donors (Lipinski definition) is 1. The van der Waals surface area contributed by atoms with Crippen LogP contribution in [0, 0.1) is 5.92 Å². The van der Waals surface area contributed by atoms with Gasteiger partial charge in [0, 0.05) is 40.0 Å². The van der Waals surface area contributed by atoms with Crippen molar-refractivity contribution >= 4 is 34.2 Å². The molecular formula is C26H26ClN3O2. The van der Waals surface area contributed by atoms with Crippen LogP contribution in [0.3, 0.4) is 0 Å². The number of pyridine rings is 1. The van der Waals surface area contributed by atoms with Crippen LogP contribution in [0.5, 0.6) is 0 Å². The van der Waals surface area contributed by atoms with Gasteiger partial charge in [0.2, 0.25) is 0 Å². The van der Waals surface area contributed by atoms with Crippen LogP contribution in [0.2, 0.25) is 5.02 Å². The van der Waals surface area contributed by atoms with Crippen molar-refractivity contribution in [3.05, 3.63) is 69.7 Å². The maximum Gasteiger partial charge on any atom is 0.254 e. The quantitative estimate of drug-likeness (QED) is 0.578. The minimum Gasteiger partial charge on any atom is -0.383 e. The number of hydrogen-bond acceptors (Lipinski definition) is 4. The number of rotatable bonds is 3. The lowest BCUT2D eigenvalue weighted by Crippen LogP contribution is -2.37. The van der Waals surface area contributed by atoms with Crippen LogP contribution in [0.25, 0.3) is 10.9 Å². The van der Waals surface area contributed by atoms with Crippen LogP contribution in [0.15, 0.2) is 42.5 Å². The van der Waals surface area contributed by atoms with Gasteiger partial charge in [-0.2, -0.15) is 0 Å². The molecular weight excluding hydrogens is 422 g/mol. The molecule has 2 N–H and O–H groups in total. The van der Waals surface area contributed by atoms with Crippen molar-refractivity contribution in [3.8, 4) is 0 Å². The Morgan fingerprint density at radius 1 is 1.19 bits per heavy atom. The van der Waals surface area contributed by atoms with Gasteiger partial charge in [0.05, 0.1) is 18.2 Å². The Morgan fingerprint density at radius 3 is 2.72 bits per heavy atom. The van der Waals surface area contributed by atoms with Gasteiger partial charge >= 0.3 is 0 Å². The zero-order valence-corrected chi connectivity index (χ0v) is 18.8. The number of amides is 1. The van der Waals surface area contributed by atoms with Crippen LogP contribution >= 0.6 is 11.6 Å². The number of nitrogens with two attached hydrogens (primary N) is 1. The van der Waals surface area contributed by atoms with E-state index in [0.717, 1.165) is 40.0 Å². The SMILES string of the molecule is C[C@H]1OCc2c1c(N)nc1ccc(C(=O)N3C[C@@H](c4ccc(Cl)cc4)C[C@H]3C3CC3)cc21. The van der Waals surface area contributed by atoms with E-state index in [-0.39, 0.29) is 12.0 Å². The molecule has 1 aliphatic carbocycles. The first-order valence-electron chi connectivity index (χ1n) is 11.4. The lowest BCUT2D eigenvalue weighted by atomic mass is 9.95. The van der Waals surface area contributed by atoms with Crippen molar-refractivity contribution in [1.82, 2.24) is 9.88 Å². The molecule has 6 rings (SSSR count). The number of fused-ring (bicyclic) bond motifs is 3. The molecule has 1 saturated carbocycles. The number of carbonyl (C=O) groups is 1. The van der Waals surface area contributed by atoms with Gasteiger partial charge in [-0.1, -0.05) is 23.7 Å². The summed E-state index contributed by atoms with van der Waals surface area (Å²) in [6.45, 7) is 3.24. The first-order chi connectivity index (χ1) is 15.5. The molecule has 164 valence electrons. The normalized spacial score (nSPS) is 24.8. The fourth-order valence-corrected chi connectivity index (χ4v) is 5.69. The third kappa shape index (κ3) is 3.26. The zero-order chi connectivity index (χ0) is 22.0. The molecule has 0 bridgehead atoms. The Hall–Kier alpha value is -2.63. The first kappa shape index (κ1) is 20.0. The van der Waals surface area contributed by atoms with Gasteiger partial charge < -0.3 is 15.4 Å². The molecule has 2 fully saturated rings. The predicted octanol–water partition coefficient (Wildman–Crippen LogP) is 5.47. The van der Waals surface area contributed by atoms with Gasteiger partial charge in [0.25, 0.3) is 5.91 Å². The average molecular weight is 448 g/mol. The van der Waals surface area contributed by atoms with Crippen LogP contribution in [0.1, 0.15) is 65.3 Å². The maximum absolute atomic E-state index is 13.7. The molecule has 32 heavy (non-hydrogen) atoms. The predicted molar refractivity (Wildman–Crippen MR) is 126 cm³/mol. The van der Waals surface area contributed by atoms with Crippen LogP contribution in [-0.2, 0) is 11.3 Å². The molecule has 0 spiro atoms. The minimum atomic E-state index is -0.0702. The molecule has 2 aromatic carbocycles. The Labute approximate surface area is 192 Å². The summed E-state index contributed by atoms with van der Waals surface area (Å²) in [4.78, 5) is 20.4. The standard InChI is InChI=1S/C26H26ClN3O2/c1-14-24-21(13-32-14)20-10-17(6-9-22(20)29-25(24)28)26(31)30-12-18(11-23(30)16-2-3-16)15-4-7-19(27)8-5-15/h4-10,14,16,18,23H,2-3,11-13H2,1H3,(H2,28,29)/t14-,18+,23+/m1/s1. The molecule has 3 heterocycles. The maximum atomic E-state index is 13.7. The van der Waals surface area contributed by atoms with Crippen LogP contribution in [0.4, 0.5) is 5.82 Å². The van der Waals surface area contributed by atoms with E-state index in [9.17, 15) is 4.79 Å². The summed E-state index contributed by atoms with van der Waals surface area (Å²) in [7, 11) is 0. The number of halogens is 1. The summed E-state index contributed by atoms with van der Waals surface area (Å²) in [6, 6.07) is 14.2. The first-order valence-corrected chi connectivity index (χ1v) is 11.8. The zero-order valence-electron chi connectivity index (χ0n) is 18.1. The Bertz CT molecular complexity index is 1220. The number of nitrogen functional groups attached to an aromatic ring is 1. The average Bonchev–Trinajstić information content (AvgIpc) is 3.42. The fraction of sp³-hybridized carbons (Fsp3) is 0.385. The lowest BCUT2D eigenvalue weighted by Gasteiger charge is -2.25. The second kappa shape index (κ2) is 7.46. The summed E-state index contributed by atoms with van der Waals surface area (Å²) >= 11 is 6.09. The van der Waals surface area contributed by atoms with Gasteiger partial charge in [-0.15, -0.1) is 0 Å². The van der Waals surface area contributed by atoms with E-state index in [2.05, 4.69) is 22.0 Å². The van der Waals surface area contributed by atoms with Gasteiger partial charge in [-0.05, 0) is 73.6 Å². The fourth-order valence-electron chi connectivity index (χ4n) is 5.57. The highest BCUT2D eigenvalue weighted by Gasteiger charge is 2.44. The summed E-state index contributed by atoms with van der Waals surface area (Å²) < 4.78 is 5.82. The molecule has 3 aliphatic rings. The van der Waals surface area contributed by atoms with E-state index in [1.165, 1.54) is 18.4 Å². The number of carbonyl (C=O) groups excluding carboxylic acids is 1. The molecule has 1 saturated heterocycles. The van der Waals surface area contributed by atoms with E-state index in [0.29, 0.717) is 35.9 Å². The summed E-state index contributed by atoms with van der Waals surface area (Å²) in [5.74, 6) is 1.60. The molecule has 1 amide bonds. The Morgan fingerprint density at radius 2 is 1.97 bits per heavy atom. The van der Waals surface area contributed by atoms with Gasteiger partial charge in [-0.3, -0.25) is 4.79 Å². The van der Waals surface area contributed by atoms with Crippen molar-refractivity contribution in [3.63, 3.8) is 0 Å². The number of likely N-dealkylation sites (tertiary alicyclic amines) is 1. The smallest absolute Gasteiger partial charge is 0.254 e. The molecule has 6 heteroatoms. The monoisotopic (exact) mass is 447 g/mol. The van der Waals surface area contributed by atoms with E-state index in [4.69, 9.17) is 22.1 Å². The lowest BCUT2D eigenvalue weighted by molar-refractivity contribution is 0.0719. The highest BCUT2D eigenvalue weighted by atomic mass is 35.5. The summed E-state index contributed by atoms with van der Waals surface area (Å²) in [6.07, 6.45) is 3.38. The van der Waals surface area contributed by atoms with Gasteiger partial charge in [0.15, 0.2) is 0 Å². The van der Waals surface area contributed by atoms with Crippen LogP contribution in [-0.4, -0.2) is 28.4 Å². The number of benzene rings is 2. The third-order valence-electron chi connectivity index (χ3n) is 7.41. The molecule has 5 nitrogen and oxygen atoms in total. The van der Waals surface area contributed by atoms with E-state index >= 15 is 0 Å². The molecule has 2 aliphatic heterocycles. The highest BCUT2D eigenvalue weighted by molar-refractivity contribution is 6.30. The second-order valence-electron chi connectivity index (χ2n) is 9.42. The van der Waals surface area contributed by atoms with E-state index in [1.54, 1.807) is 0 Å². The Kier molecular flexibility index (Phi) is 4.67. The van der Waals surface area contributed by atoms with Gasteiger partial charge in [-0.25, -0.2) is 4.98 Å². The largest absolute Gasteiger partial charge is 0.383 e. The number of ether oxygens (including phenoxy) is 1. The van der Waals surface area contributed by atoms with Crippen LogP contribution < -0.4 is 5.73 Å². The van der Waals surface area contributed by atoms with Crippen molar-refractivity contribution in [1.29, 1.82) is 0 Å². The molecule has 3 aromatic rings.